The number of fused-ring (bicyclic) bond motifs is 3. The van der Waals surface area contributed by atoms with Crippen LogP contribution in [-0.2, 0) is 6.54 Å². The Kier molecular flexibility index (Phi) is 4.63. The first-order valence-electron chi connectivity index (χ1n) is 10.2. The van der Waals surface area contributed by atoms with Crippen molar-refractivity contribution in [1.82, 2.24) is 24.5 Å². The maximum absolute atomic E-state index is 6.18. The second kappa shape index (κ2) is 7.46. The number of nitrogen functional groups attached to an aromatic ring is 1. The number of anilines is 2. The van der Waals surface area contributed by atoms with Crippen LogP contribution in [0.1, 0.15) is 12.7 Å². The number of ether oxygens (including phenoxy) is 1. The van der Waals surface area contributed by atoms with Crippen molar-refractivity contribution in [3.05, 3.63) is 54.4 Å². The molecule has 154 valence electrons. The highest BCUT2D eigenvalue weighted by atomic mass is 16.5. The third-order valence-corrected chi connectivity index (χ3v) is 5.79. The van der Waals surface area contributed by atoms with E-state index >= 15 is 0 Å². The molecule has 1 aliphatic heterocycles. The lowest BCUT2D eigenvalue weighted by Crippen LogP contribution is -2.51. The Morgan fingerprint density at radius 3 is 2.67 bits per heavy atom. The zero-order valence-corrected chi connectivity index (χ0v) is 17.2. The molecule has 1 atom stereocenters. The first-order valence-corrected chi connectivity index (χ1v) is 10.2. The first kappa shape index (κ1) is 18.6. The Morgan fingerprint density at radius 2 is 1.90 bits per heavy atom. The number of nitrogens with two attached hydrogens (primary N) is 1. The van der Waals surface area contributed by atoms with Gasteiger partial charge in [-0.05, 0) is 31.2 Å². The van der Waals surface area contributed by atoms with E-state index in [-0.39, 0.29) is 0 Å². The van der Waals surface area contributed by atoms with Crippen molar-refractivity contribution in [2.75, 3.05) is 37.4 Å². The van der Waals surface area contributed by atoms with Crippen molar-refractivity contribution in [2.24, 2.45) is 0 Å². The van der Waals surface area contributed by atoms with Crippen molar-refractivity contribution >= 4 is 28.2 Å². The number of para-hydroxylation sites is 2. The van der Waals surface area contributed by atoms with Crippen LogP contribution in [0.5, 0.6) is 5.75 Å². The van der Waals surface area contributed by atoms with Gasteiger partial charge in [-0.3, -0.25) is 4.90 Å². The molecule has 1 saturated heterocycles. The number of methoxy groups -OCH3 is 1. The van der Waals surface area contributed by atoms with E-state index < -0.39 is 0 Å². The Hall–Kier alpha value is -3.39. The summed E-state index contributed by atoms with van der Waals surface area (Å²) < 4.78 is 7.06. The smallest absolute Gasteiger partial charge is 0.223 e. The van der Waals surface area contributed by atoms with Crippen LogP contribution >= 0.6 is 0 Å². The molecule has 8 nitrogen and oxygen atoms in total. The van der Waals surface area contributed by atoms with Crippen LogP contribution in [0.3, 0.4) is 0 Å². The van der Waals surface area contributed by atoms with Gasteiger partial charge in [0.25, 0.3) is 0 Å². The number of nitrogens with zero attached hydrogens (tertiary/aromatic N) is 6. The molecule has 8 heteroatoms. The number of rotatable bonds is 4. The van der Waals surface area contributed by atoms with E-state index in [0.29, 0.717) is 35.4 Å². The molecule has 0 saturated carbocycles. The summed E-state index contributed by atoms with van der Waals surface area (Å²) in [4.78, 5) is 14.1. The minimum atomic E-state index is 0.308. The highest BCUT2D eigenvalue weighted by Gasteiger charge is 2.25. The van der Waals surface area contributed by atoms with Gasteiger partial charge in [-0.1, -0.05) is 24.3 Å². The van der Waals surface area contributed by atoms with Crippen molar-refractivity contribution in [3.8, 4) is 5.75 Å². The summed E-state index contributed by atoms with van der Waals surface area (Å²) in [5.74, 6) is 1.73. The molecule has 0 radical (unpaired) electrons. The number of benzene rings is 2. The molecule has 1 aliphatic rings. The molecule has 1 fully saturated rings. The molecule has 5 rings (SSSR count). The molecule has 2 aromatic carbocycles. The lowest BCUT2D eigenvalue weighted by molar-refractivity contribution is 0.177. The van der Waals surface area contributed by atoms with E-state index in [1.165, 1.54) is 5.69 Å². The minimum absolute atomic E-state index is 0.308. The van der Waals surface area contributed by atoms with E-state index in [1.54, 1.807) is 11.6 Å². The average molecular weight is 403 g/mol. The molecule has 3 heterocycles. The van der Waals surface area contributed by atoms with Crippen LogP contribution in [0.25, 0.3) is 16.6 Å². The molecular formula is C22H25N7O. The summed E-state index contributed by atoms with van der Waals surface area (Å²) in [6.07, 6.45) is 0. The van der Waals surface area contributed by atoms with E-state index in [1.807, 2.05) is 18.2 Å². The summed E-state index contributed by atoms with van der Waals surface area (Å²) in [6.45, 7) is 5.83. The fraction of sp³-hybridized carbons (Fsp3) is 0.318. The fourth-order valence-corrected chi connectivity index (χ4v) is 4.19. The highest BCUT2D eigenvalue weighted by Crippen LogP contribution is 2.28. The van der Waals surface area contributed by atoms with Crippen LogP contribution in [0.2, 0.25) is 0 Å². The minimum Gasteiger partial charge on any atom is -0.494 e. The number of hydrogen-bond donors (Lipinski definition) is 1. The topological polar surface area (TPSA) is 84.8 Å². The highest BCUT2D eigenvalue weighted by molar-refractivity contribution is 5.95. The molecule has 30 heavy (non-hydrogen) atoms. The average Bonchev–Trinajstić information content (AvgIpc) is 3.20. The van der Waals surface area contributed by atoms with Gasteiger partial charge in [-0.25, -0.2) is 9.97 Å². The standard InChI is InChI=1S/C22H25N7O/c1-15-13-28(16-7-4-3-5-8-16)12-11-27(15)14-19-24-21-17-9-6-10-18(30-2)20(17)25-22(23)29(21)26-19/h3-10,15H,11-14H2,1-2H3,(H2,23,25)/t15-/m0/s1. The normalized spacial score (nSPS) is 17.7. The predicted octanol–water partition coefficient (Wildman–Crippen LogP) is 2.58. The van der Waals surface area contributed by atoms with Gasteiger partial charge in [0.15, 0.2) is 11.5 Å². The fourth-order valence-electron chi connectivity index (χ4n) is 4.19. The Morgan fingerprint density at radius 1 is 1.07 bits per heavy atom. The maximum atomic E-state index is 6.18. The molecule has 0 spiro atoms. The number of piperazine rings is 1. The van der Waals surface area contributed by atoms with Gasteiger partial charge >= 0.3 is 0 Å². The van der Waals surface area contributed by atoms with Gasteiger partial charge in [0, 0.05) is 36.7 Å². The SMILES string of the molecule is COc1cccc2c1nc(N)n1nc(CN3CCN(c4ccccc4)C[C@@H]3C)nc21. The zero-order valence-electron chi connectivity index (χ0n) is 17.2. The van der Waals surface area contributed by atoms with Crippen molar-refractivity contribution in [1.29, 1.82) is 0 Å². The van der Waals surface area contributed by atoms with Crippen molar-refractivity contribution in [2.45, 2.75) is 19.5 Å². The van der Waals surface area contributed by atoms with Crippen LogP contribution < -0.4 is 15.4 Å². The molecule has 0 aliphatic carbocycles. The Bertz CT molecular complexity index is 1190. The quantitative estimate of drug-likeness (QED) is 0.561. The largest absolute Gasteiger partial charge is 0.494 e. The molecule has 0 bridgehead atoms. The van der Waals surface area contributed by atoms with Crippen LogP contribution in [0, 0.1) is 0 Å². The molecule has 0 unspecified atom stereocenters. The van der Waals surface area contributed by atoms with Crippen LogP contribution in [0.15, 0.2) is 48.5 Å². The molecule has 0 amide bonds. The summed E-state index contributed by atoms with van der Waals surface area (Å²) in [5.41, 5.74) is 8.86. The third kappa shape index (κ3) is 3.19. The predicted molar refractivity (Wildman–Crippen MR) is 118 cm³/mol. The van der Waals surface area contributed by atoms with Crippen LogP contribution in [-0.4, -0.2) is 57.3 Å². The van der Waals surface area contributed by atoms with E-state index in [0.717, 1.165) is 30.8 Å². The van der Waals surface area contributed by atoms with E-state index in [4.69, 9.17) is 15.5 Å². The Balaban J connectivity index is 1.41. The van der Waals surface area contributed by atoms with Gasteiger partial charge in [0.2, 0.25) is 5.95 Å². The molecular weight excluding hydrogens is 378 g/mol. The monoisotopic (exact) mass is 403 g/mol. The van der Waals surface area contributed by atoms with Crippen LogP contribution in [0.4, 0.5) is 11.6 Å². The van der Waals surface area contributed by atoms with E-state index in [2.05, 4.69) is 57.1 Å². The Labute approximate surface area is 174 Å². The number of aromatic nitrogens is 4. The lowest BCUT2D eigenvalue weighted by Gasteiger charge is -2.40. The first-order chi connectivity index (χ1) is 14.6. The lowest BCUT2D eigenvalue weighted by atomic mass is 10.1. The summed E-state index contributed by atoms with van der Waals surface area (Å²) in [5, 5.41) is 5.52. The zero-order chi connectivity index (χ0) is 20.7. The molecule has 2 aromatic heterocycles. The third-order valence-electron chi connectivity index (χ3n) is 5.79. The van der Waals surface area contributed by atoms with Gasteiger partial charge in [-0.2, -0.15) is 4.52 Å². The van der Waals surface area contributed by atoms with Gasteiger partial charge < -0.3 is 15.4 Å². The maximum Gasteiger partial charge on any atom is 0.223 e. The molecule has 2 N–H and O–H groups in total. The van der Waals surface area contributed by atoms with E-state index in [9.17, 15) is 0 Å². The van der Waals surface area contributed by atoms with Crippen molar-refractivity contribution < 1.29 is 4.74 Å². The van der Waals surface area contributed by atoms with Crippen molar-refractivity contribution in [3.63, 3.8) is 0 Å². The summed E-state index contributed by atoms with van der Waals surface area (Å²) >= 11 is 0. The van der Waals surface area contributed by atoms with Gasteiger partial charge in [0.05, 0.1) is 13.7 Å². The number of hydrogen-bond acceptors (Lipinski definition) is 7. The second-order valence-corrected chi connectivity index (χ2v) is 7.69. The van der Waals surface area contributed by atoms with Gasteiger partial charge in [0.1, 0.15) is 11.3 Å². The van der Waals surface area contributed by atoms with Gasteiger partial charge in [-0.15, -0.1) is 5.10 Å². The molecule has 4 aromatic rings. The second-order valence-electron chi connectivity index (χ2n) is 7.69. The summed E-state index contributed by atoms with van der Waals surface area (Å²) in [7, 11) is 1.63. The summed E-state index contributed by atoms with van der Waals surface area (Å²) in [6, 6.07) is 16.7.